The first-order chi connectivity index (χ1) is 15.0. The second-order valence-corrected chi connectivity index (χ2v) is 11.1. The number of nitrogen functional groups attached to an aromatic ring is 1. The van der Waals surface area contributed by atoms with Gasteiger partial charge >= 0.3 is 0 Å². The van der Waals surface area contributed by atoms with Gasteiger partial charge in [0.25, 0.3) is 5.91 Å². The van der Waals surface area contributed by atoms with Crippen molar-refractivity contribution in [1.29, 1.82) is 0 Å². The fraction of sp³-hybridized carbons (Fsp3) is 0.480. The first-order valence-electron chi connectivity index (χ1n) is 11.4. The summed E-state index contributed by atoms with van der Waals surface area (Å²) >= 11 is 1.39. The summed E-state index contributed by atoms with van der Waals surface area (Å²) in [6.45, 7) is 2.22. The Morgan fingerprint density at radius 3 is 2.52 bits per heavy atom. The third-order valence-corrected chi connectivity index (χ3v) is 9.22. The average Bonchev–Trinajstić information content (AvgIpc) is 3.09. The molecule has 0 spiro atoms. The fourth-order valence-electron chi connectivity index (χ4n) is 6.96. The highest BCUT2D eigenvalue weighted by Crippen LogP contribution is 2.61. The summed E-state index contributed by atoms with van der Waals surface area (Å²) < 4.78 is 0. The van der Waals surface area contributed by atoms with Crippen molar-refractivity contribution in [2.75, 3.05) is 5.73 Å². The van der Waals surface area contributed by atoms with Crippen LogP contribution in [0.5, 0.6) is 0 Å². The van der Waals surface area contributed by atoms with E-state index in [1.165, 1.54) is 49.9 Å². The van der Waals surface area contributed by atoms with Gasteiger partial charge in [-0.1, -0.05) is 0 Å². The lowest BCUT2D eigenvalue weighted by Gasteiger charge is -2.59. The number of carbonyl (C=O) groups excluding carboxylic acids is 1. The fourth-order valence-corrected chi connectivity index (χ4v) is 7.96. The molecule has 0 aliphatic heterocycles. The van der Waals surface area contributed by atoms with E-state index in [1.807, 2.05) is 24.3 Å². The number of hydrogen-bond acceptors (Lipinski definition) is 5. The van der Waals surface area contributed by atoms with Gasteiger partial charge in [0, 0.05) is 29.4 Å². The van der Waals surface area contributed by atoms with Crippen LogP contribution in [0.2, 0.25) is 0 Å². The summed E-state index contributed by atoms with van der Waals surface area (Å²) in [6.07, 6.45) is 11.6. The molecule has 3 N–H and O–H groups in total. The van der Waals surface area contributed by atoms with Gasteiger partial charge in [0.1, 0.15) is 9.71 Å². The predicted molar refractivity (Wildman–Crippen MR) is 125 cm³/mol. The van der Waals surface area contributed by atoms with Crippen molar-refractivity contribution in [3.8, 4) is 11.3 Å². The van der Waals surface area contributed by atoms with Crippen molar-refractivity contribution in [3.63, 3.8) is 0 Å². The normalized spacial score (nSPS) is 29.9. The van der Waals surface area contributed by atoms with Gasteiger partial charge in [0.2, 0.25) is 0 Å². The van der Waals surface area contributed by atoms with E-state index in [4.69, 9.17) is 10.7 Å². The maximum atomic E-state index is 13.3. The van der Waals surface area contributed by atoms with Crippen LogP contribution in [-0.2, 0) is 0 Å². The molecule has 1 unspecified atom stereocenters. The van der Waals surface area contributed by atoms with Gasteiger partial charge in [-0.15, -0.1) is 11.3 Å². The zero-order chi connectivity index (χ0) is 21.2. The number of pyridine rings is 2. The minimum absolute atomic E-state index is 0.0494. The first kappa shape index (κ1) is 19.2. The highest BCUT2D eigenvalue weighted by Gasteiger charge is 2.53. The molecule has 4 saturated carbocycles. The van der Waals surface area contributed by atoms with Gasteiger partial charge in [-0.3, -0.25) is 9.78 Å². The summed E-state index contributed by atoms with van der Waals surface area (Å²) in [5, 5.41) is 4.21. The molecule has 3 aromatic rings. The zero-order valence-corrected chi connectivity index (χ0v) is 18.6. The monoisotopic (exact) mass is 432 g/mol. The second kappa shape index (κ2) is 7.02. The lowest BCUT2D eigenvalue weighted by molar-refractivity contribution is -0.0687. The topological polar surface area (TPSA) is 80.9 Å². The average molecular weight is 433 g/mol. The van der Waals surface area contributed by atoms with Crippen LogP contribution in [0.4, 0.5) is 5.69 Å². The van der Waals surface area contributed by atoms with E-state index >= 15 is 0 Å². The maximum absolute atomic E-state index is 13.3. The van der Waals surface area contributed by atoms with E-state index in [9.17, 15) is 4.79 Å². The Kier molecular flexibility index (Phi) is 4.36. The number of anilines is 1. The van der Waals surface area contributed by atoms with Gasteiger partial charge in [0.15, 0.2) is 0 Å². The molecule has 0 saturated heterocycles. The molecule has 3 aromatic heterocycles. The van der Waals surface area contributed by atoms with Gasteiger partial charge in [-0.05, 0) is 92.9 Å². The van der Waals surface area contributed by atoms with Crippen molar-refractivity contribution in [2.45, 2.75) is 51.5 Å². The number of amides is 1. The predicted octanol–water partition coefficient (Wildman–Crippen LogP) is 5.28. The van der Waals surface area contributed by atoms with Crippen molar-refractivity contribution in [3.05, 3.63) is 41.5 Å². The molecule has 1 amide bonds. The molecule has 0 radical (unpaired) electrons. The number of fused-ring (bicyclic) bond motifs is 1. The number of nitrogens with one attached hydrogen (secondary N) is 1. The number of carbonyl (C=O) groups is 1. The summed E-state index contributed by atoms with van der Waals surface area (Å²) in [4.78, 5) is 23.6. The Hall–Kier alpha value is -2.47. The summed E-state index contributed by atoms with van der Waals surface area (Å²) in [7, 11) is 0. The standard InChI is InChI=1S/C25H28N4OS/c1-14(25-10-15-7-16(11-25)9-17(8-15)12-25)28-23(30)22-21(26)19-4-5-20(29-24(19)31-22)18-3-2-6-27-13-18/h2-6,13-17H,7-12,26H2,1H3,(H,28,30). The number of aromatic nitrogens is 2. The van der Waals surface area contributed by atoms with E-state index in [2.05, 4.69) is 17.2 Å². The Morgan fingerprint density at radius 1 is 1.16 bits per heavy atom. The quantitative estimate of drug-likeness (QED) is 0.588. The van der Waals surface area contributed by atoms with E-state index in [-0.39, 0.29) is 17.4 Å². The van der Waals surface area contributed by atoms with Crippen molar-refractivity contribution >= 4 is 33.1 Å². The number of rotatable bonds is 4. The molecule has 6 heteroatoms. The molecule has 1 atom stereocenters. The van der Waals surface area contributed by atoms with Crippen LogP contribution in [0.25, 0.3) is 21.5 Å². The van der Waals surface area contributed by atoms with Crippen LogP contribution in [-0.4, -0.2) is 21.9 Å². The van der Waals surface area contributed by atoms with Gasteiger partial charge in [-0.25, -0.2) is 4.98 Å². The largest absolute Gasteiger partial charge is 0.397 e. The van der Waals surface area contributed by atoms with E-state index in [1.54, 1.807) is 12.4 Å². The van der Waals surface area contributed by atoms with Gasteiger partial charge in [0.05, 0.1) is 11.4 Å². The molecule has 7 rings (SSSR count). The van der Waals surface area contributed by atoms with Crippen LogP contribution in [0.1, 0.15) is 55.1 Å². The van der Waals surface area contributed by atoms with Gasteiger partial charge < -0.3 is 11.1 Å². The summed E-state index contributed by atoms with van der Waals surface area (Å²) in [6, 6.07) is 7.97. The maximum Gasteiger partial charge on any atom is 0.263 e. The smallest absolute Gasteiger partial charge is 0.263 e. The van der Waals surface area contributed by atoms with Crippen LogP contribution in [0.15, 0.2) is 36.7 Å². The number of thiophene rings is 1. The number of nitrogens with two attached hydrogens (primary N) is 1. The van der Waals surface area contributed by atoms with Crippen molar-refractivity contribution in [1.82, 2.24) is 15.3 Å². The lowest BCUT2D eigenvalue weighted by Crippen LogP contribution is -2.55. The van der Waals surface area contributed by atoms with Crippen molar-refractivity contribution in [2.24, 2.45) is 23.2 Å². The molecular weight excluding hydrogens is 404 g/mol. The Morgan fingerprint density at radius 2 is 1.87 bits per heavy atom. The van der Waals surface area contributed by atoms with Gasteiger partial charge in [-0.2, -0.15) is 0 Å². The molecular formula is C25H28N4OS. The first-order valence-corrected chi connectivity index (χ1v) is 12.2. The highest BCUT2D eigenvalue weighted by molar-refractivity contribution is 7.21. The van der Waals surface area contributed by atoms with Crippen LogP contribution < -0.4 is 11.1 Å². The summed E-state index contributed by atoms with van der Waals surface area (Å²) in [5.74, 6) is 2.56. The minimum atomic E-state index is -0.0494. The third-order valence-electron chi connectivity index (χ3n) is 8.11. The molecule has 4 fully saturated rings. The van der Waals surface area contributed by atoms with E-state index in [0.717, 1.165) is 39.2 Å². The Labute approximate surface area is 186 Å². The molecule has 4 aliphatic carbocycles. The summed E-state index contributed by atoms with van der Waals surface area (Å²) in [5.41, 5.74) is 9.03. The molecule has 31 heavy (non-hydrogen) atoms. The SMILES string of the molecule is CC(NC(=O)c1sc2nc(-c3cccnc3)ccc2c1N)C12CC3CC(CC(C3)C1)C2. The number of hydrogen-bond donors (Lipinski definition) is 2. The van der Waals surface area contributed by atoms with Crippen LogP contribution >= 0.6 is 11.3 Å². The van der Waals surface area contributed by atoms with Crippen LogP contribution in [0, 0.1) is 23.2 Å². The number of nitrogens with zero attached hydrogens (tertiary/aromatic N) is 2. The molecule has 3 heterocycles. The van der Waals surface area contributed by atoms with Crippen LogP contribution in [0.3, 0.4) is 0 Å². The zero-order valence-electron chi connectivity index (χ0n) is 17.8. The third kappa shape index (κ3) is 3.15. The Bertz CT molecular complexity index is 1120. The Balaban J connectivity index is 1.26. The van der Waals surface area contributed by atoms with E-state index in [0.29, 0.717) is 10.6 Å². The molecule has 160 valence electrons. The molecule has 4 bridgehead atoms. The molecule has 4 aliphatic rings. The molecule has 0 aromatic carbocycles. The minimum Gasteiger partial charge on any atom is -0.397 e. The molecule has 5 nitrogen and oxygen atoms in total. The van der Waals surface area contributed by atoms with Crippen molar-refractivity contribution < 1.29 is 4.79 Å². The van der Waals surface area contributed by atoms with E-state index < -0.39 is 0 Å². The second-order valence-electron chi connectivity index (χ2n) is 10.1. The lowest BCUT2D eigenvalue weighted by atomic mass is 9.48. The highest BCUT2D eigenvalue weighted by atomic mass is 32.1.